The van der Waals surface area contributed by atoms with Gasteiger partial charge < -0.3 is 19.7 Å². The van der Waals surface area contributed by atoms with Crippen LogP contribution in [0.15, 0.2) is 36.4 Å². The van der Waals surface area contributed by atoms with E-state index in [0.717, 1.165) is 23.2 Å². The lowest BCUT2D eigenvalue weighted by molar-refractivity contribution is -0.384. The molecule has 0 saturated carbocycles. The molecule has 8 nitrogen and oxygen atoms in total. The second-order valence-electron chi connectivity index (χ2n) is 7.00. The van der Waals surface area contributed by atoms with Gasteiger partial charge in [0, 0.05) is 36.8 Å². The zero-order valence-electron chi connectivity index (χ0n) is 15.6. The van der Waals surface area contributed by atoms with Crippen molar-refractivity contribution in [3.8, 4) is 5.75 Å². The Balaban J connectivity index is 1.51. The first-order chi connectivity index (χ1) is 14.0. The van der Waals surface area contributed by atoms with Gasteiger partial charge in [0.15, 0.2) is 0 Å². The Hall–Kier alpha value is -2.68. The van der Waals surface area contributed by atoms with Crippen LogP contribution in [0, 0.1) is 10.1 Å². The molecule has 0 aliphatic carbocycles. The maximum absolute atomic E-state index is 12.7. The third-order valence-electron chi connectivity index (χ3n) is 5.15. The van der Waals surface area contributed by atoms with Crippen molar-refractivity contribution in [3.63, 3.8) is 0 Å². The van der Waals surface area contributed by atoms with Crippen molar-refractivity contribution in [1.82, 2.24) is 10.2 Å². The topological polar surface area (TPSA) is 93.9 Å². The van der Waals surface area contributed by atoms with Crippen molar-refractivity contribution in [2.45, 2.75) is 19.0 Å². The number of hydrogen-bond donors (Lipinski definition) is 1. The number of rotatable bonds is 3. The highest BCUT2D eigenvalue weighted by Gasteiger charge is 2.28. The van der Waals surface area contributed by atoms with Gasteiger partial charge in [0.1, 0.15) is 5.75 Å². The zero-order chi connectivity index (χ0) is 20.4. The predicted octanol–water partition coefficient (Wildman–Crippen LogP) is 3.47. The molecule has 0 aromatic heterocycles. The van der Waals surface area contributed by atoms with Gasteiger partial charge in [-0.2, -0.15) is 0 Å². The van der Waals surface area contributed by atoms with Crippen LogP contribution in [-0.4, -0.2) is 42.2 Å². The van der Waals surface area contributed by atoms with Crippen molar-refractivity contribution >= 4 is 23.4 Å². The van der Waals surface area contributed by atoms with E-state index in [1.54, 1.807) is 4.90 Å². The molecule has 2 aromatic carbocycles. The van der Waals surface area contributed by atoms with Crippen molar-refractivity contribution in [2.75, 3.05) is 26.3 Å². The van der Waals surface area contributed by atoms with Gasteiger partial charge in [0.2, 0.25) is 0 Å². The molecule has 4 rings (SSSR count). The summed E-state index contributed by atoms with van der Waals surface area (Å²) in [6, 6.07) is 9.36. The van der Waals surface area contributed by atoms with E-state index in [9.17, 15) is 14.9 Å². The van der Waals surface area contributed by atoms with Crippen LogP contribution in [0.1, 0.15) is 22.7 Å². The van der Waals surface area contributed by atoms with E-state index in [2.05, 4.69) is 5.32 Å². The molecule has 1 N–H and O–H groups in total. The molecule has 0 radical (unpaired) electrons. The first kappa shape index (κ1) is 19.6. The second-order valence-corrected chi connectivity index (χ2v) is 7.44. The smallest absolute Gasteiger partial charge is 0.410 e. The number of halogens is 1. The quantitative estimate of drug-likeness (QED) is 0.607. The lowest BCUT2D eigenvalue weighted by atomic mass is 9.91. The molecule has 0 bridgehead atoms. The number of benzene rings is 2. The molecule has 2 aliphatic rings. The number of hydrogen-bond acceptors (Lipinski definition) is 6. The molecule has 0 spiro atoms. The molecule has 9 heteroatoms. The third-order valence-corrected chi connectivity index (χ3v) is 5.37. The van der Waals surface area contributed by atoms with E-state index in [0.29, 0.717) is 37.7 Å². The SMILES string of the molecule is O=C(Oc1ccc([N+](=O)[O-])cc1)N1CCc2cc(Cl)cc([C@@H]3COCCN3)c2C1. The van der Waals surface area contributed by atoms with Gasteiger partial charge in [-0.1, -0.05) is 11.6 Å². The van der Waals surface area contributed by atoms with Crippen LogP contribution < -0.4 is 10.1 Å². The lowest BCUT2D eigenvalue weighted by Gasteiger charge is -2.33. The average Bonchev–Trinajstić information content (AvgIpc) is 2.73. The number of ether oxygens (including phenoxy) is 2. The molecular weight excluding hydrogens is 398 g/mol. The molecule has 2 aromatic rings. The number of fused-ring (bicyclic) bond motifs is 1. The summed E-state index contributed by atoms with van der Waals surface area (Å²) < 4.78 is 11.0. The van der Waals surface area contributed by atoms with Crippen molar-refractivity contribution in [3.05, 3.63) is 68.2 Å². The summed E-state index contributed by atoms with van der Waals surface area (Å²) in [5.74, 6) is 0.269. The average molecular weight is 418 g/mol. The van der Waals surface area contributed by atoms with Crippen molar-refractivity contribution in [2.24, 2.45) is 0 Å². The number of carbonyl (C=O) groups is 1. The Bertz CT molecular complexity index is 928. The zero-order valence-corrected chi connectivity index (χ0v) is 16.4. The first-order valence-corrected chi connectivity index (χ1v) is 9.72. The second kappa shape index (κ2) is 8.36. The molecule has 2 heterocycles. The highest BCUT2D eigenvalue weighted by molar-refractivity contribution is 6.30. The van der Waals surface area contributed by atoms with E-state index in [1.165, 1.54) is 24.3 Å². The summed E-state index contributed by atoms with van der Waals surface area (Å²) in [6.07, 6.45) is 0.185. The number of morpholine rings is 1. The molecule has 152 valence electrons. The van der Waals surface area contributed by atoms with Crippen molar-refractivity contribution in [1.29, 1.82) is 0 Å². The van der Waals surface area contributed by atoms with Gasteiger partial charge >= 0.3 is 6.09 Å². The van der Waals surface area contributed by atoms with Crippen LogP contribution in [0.3, 0.4) is 0 Å². The predicted molar refractivity (Wildman–Crippen MR) is 106 cm³/mol. The number of nitro groups is 1. The third kappa shape index (κ3) is 4.34. The molecule has 0 unspecified atom stereocenters. The maximum Gasteiger partial charge on any atom is 0.415 e. The summed E-state index contributed by atoms with van der Waals surface area (Å²) in [4.78, 5) is 24.5. The molecule has 29 heavy (non-hydrogen) atoms. The highest BCUT2D eigenvalue weighted by Crippen LogP contribution is 2.32. The Morgan fingerprint density at radius 3 is 2.79 bits per heavy atom. The fourth-order valence-corrected chi connectivity index (χ4v) is 3.94. The number of nitro benzene ring substituents is 1. The van der Waals surface area contributed by atoms with E-state index in [1.807, 2.05) is 12.1 Å². The van der Waals surface area contributed by atoms with E-state index < -0.39 is 11.0 Å². The largest absolute Gasteiger partial charge is 0.415 e. The normalized spacial score (nSPS) is 18.8. The van der Waals surface area contributed by atoms with Gasteiger partial charge in [-0.25, -0.2) is 4.79 Å². The van der Waals surface area contributed by atoms with E-state index in [-0.39, 0.29) is 17.5 Å². The fourth-order valence-electron chi connectivity index (χ4n) is 3.69. The standard InChI is InChI=1S/C20H20ClN3O5/c21-14-9-13-5-7-23(11-18(13)17(10-14)19-12-28-8-6-22-19)20(25)29-16-3-1-15(2-4-16)24(26)27/h1-4,9-10,19,22H,5-8,11-12H2/t19-/m0/s1. The van der Waals surface area contributed by atoms with Gasteiger partial charge in [-0.15, -0.1) is 0 Å². The van der Waals surface area contributed by atoms with Crippen LogP contribution in [0.25, 0.3) is 0 Å². The van der Waals surface area contributed by atoms with Crippen LogP contribution in [0.4, 0.5) is 10.5 Å². The summed E-state index contributed by atoms with van der Waals surface area (Å²) >= 11 is 6.32. The minimum atomic E-state index is -0.497. The Morgan fingerprint density at radius 1 is 1.31 bits per heavy atom. The van der Waals surface area contributed by atoms with Gasteiger partial charge in [0.05, 0.1) is 24.2 Å². The summed E-state index contributed by atoms with van der Waals surface area (Å²) in [7, 11) is 0. The molecule has 1 amide bonds. The molecule has 1 atom stereocenters. The monoisotopic (exact) mass is 417 g/mol. The van der Waals surface area contributed by atoms with Crippen LogP contribution in [0.5, 0.6) is 5.75 Å². The molecular formula is C20H20ClN3O5. The molecule has 2 aliphatic heterocycles. The van der Waals surface area contributed by atoms with Gasteiger partial charge in [0.25, 0.3) is 5.69 Å². The lowest BCUT2D eigenvalue weighted by Crippen LogP contribution is -2.40. The Morgan fingerprint density at radius 2 is 2.10 bits per heavy atom. The highest BCUT2D eigenvalue weighted by atomic mass is 35.5. The van der Waals surface area contributed by atoms with Crippen LogP contribution >= 0.6 is 11.6 Å². The summed E-state index contributed by atoms with van der Waals surface area (Å²) in [5, 5.41) is 14.9. The first-order valence-electron chi connectivity index (χ1n) is 9.35. The minimum Gasteiger partial charge on any atom is -0.410 e. The molecule has 1 saturated heterocycles. The Kier molecular flexibility index (Phi) is 5.66. The minimum absolute atomic E-state index is 0.0295. The number of nitrogens with zero attached hydrogens (tertiary/aromatic N) is 2. The van der Waals surface area contributed by atoms with Gasteiger partial charge in [-0.3, -0.25) is 10.1 Å². The number of non-ortho nitro benzene ring substituents is 1. The fraction of sp³-hybridized carbons (Fsp3) is 0.350. The van der Waals surface area contributed by atoms with Gasteiger partial charge in [-0.05, 0) is 47.4 Å². The number of amides is 1. The van der Waals surface area contributed by atoms with Crippen molar-refractivity contribution < 1.29 is 19.2 Å². The van der Waals surface area contributed by atoms with Crippen LogP contribution in [-0.2, 0) is 17.7 Å². The summed E-state index contributed by atoms with van der Waals surface area (Å²) in [6.45, 7) is 2.91. The number of carbonyl (C=O) groups excluding carboxylic acids is 1. The Labute approximate surface area is 172 Å². The van der Waals surface area contributed by atoms with E-state index in [4.69, 9.17) is 21.1 Å². The molecule has 1 fully saturated rings. The van der Waals surface area contributed by atoms with E-state index >= 15 is 0 Å². The summed E-state index contributed by atoms with van der Waals surface area (Å²) in [5.41, 5.74) is 3.17. The van der Waals surface area contributed by atoms with Crippen LogP contribution in [0.2, 0.25) is 5.02 Å². The maximum atomic E-state index is 12.7. The number of nitrogens with one attached hydrogen (secondary N) is 1.